The molecule has 1 aliphatic rings. The molecule has 2 nitrogen and oxygen atoms in total. The van der Waals surface area contributed by atoms with Gasteiger partial charge in [-0.25, -0.2) is 13.8 Å². The first kappa shape index (κ1) is 14.0. The lowest BCUT2D eigenvalue weighted by Crippen LogP contribution is -2.42. The second-order valence-corrected chi connectivity index (χ2v) is 4.53. The minimum absolute atomic E-state index is 0.100. The van der Waals surface area contributed by atoms with Crippen LogP contribution in [0.25, 0.3) is 0 Å². The van der Waals surface area contributed by atoms with Crippen LogP contribution in [-0.4, -0.2) is 24.0 Å². The molecule has 1 aliphatic heterocycles. The lowest BCUT2D eigenvalue weighted by molar-refractivity contribution is -0.137. The van der Waals surface area contributed by atoms with Gasteiger partial charge in [0, 0.05) is 31.6 Å². The van der Waals surface area contributed by atoms with E-state index in [0.29, 0.717) is 0 Å². The number of rotatable bonds is 2. The molecule has 2 rings (SSSR count). The summed E-state index contributed by atoms with van der Waals surface area (Å²) in [5.41, 5.74) is 2.22. The number of nitrogens with one attached hydrogen (secondary N) is 1. The number of alkyl halides is 5. The summed E-state index contributed by atoms with van der Waals surface area (Å²) in [6, 6.07) is 4.69. The Labute approximate surface area is 107 Å². The lowest BCUT2D eigenvalue weighted by atomic mass is 10.1. The van der Waals surface area contributed by atoms with Crippen LogP contribution in [0.4, 0.5) is 27.6 Å². The van der Waals surface area contributed by atoms with E-state index in [4.69, 9.17) is 0 Å². The number of nitrogens with zero attached hydrogens (tertiary/aromatic N) is 1. The number of hydrazine groups is 1. The van der Waals surface area contributed by atoms with Gasteiger partial charge in [0.25, 0.3) is 5.92 Å². The topological polar surface area (TPSA) is 15.3 Å². The molecular formula is C12H13F5N2. The molecule has 0 radical (unpaired) electrons. The largest absolute Gasteiger partial charge is 0.416 e. The van der Waals surface area contributed by atoms with Crippen molar-refractivity contribution in [2.24, 2.45) is 0 Å². The van der Waals surface area contributed by atoms with Gasteiger partial charge in [0.15, 0.2) is 0 Å². The van der Waals surface area contributed by atoms with E-state index < -0.39 is 17.7 Å². The zero-order valence-corrected chi connectivity index (χ0v) is 9.97. The fraction of sp³-hybridized carbons (Fsp3) is 0.500. The number of anilines is 1. The molecule has 7 heteroatoms. The van der Waals surface area contributed by atoms with Gasteiger partial charge in [-0.15, -0.1) is 0 Å². The van der Waals surface area contributed by atoms with Gasteiger partial charge in [0.2, 0.25) is 0 Å². The molecule has 0 aliphatic carbocycles. The third-order valence-corrected chi connectivity index (χ3v) is 2.97. The average Bonchev–Trinajstić information content (AvgIpc) is 2.31. The van der Waals surface area contributed by atoms with Crippen molar-refractivity contribution < 1.29 is 22.0 Å². The van der Waals surface area contributed by atoms with E-state index in [1.54, 1.807) is 0 Å². The summed E-state index contributed by atoms with van der Waals surface area (Å²) in [6.07, 6.45) is -5.00. The predicted octanol–water partition coefficient (Wildman–Crippen LogP) is 3.76. The Kier molecular flexibility index (Phi) is 3.66. The van der Waals surface area contributed by atoms with Crippen molar-refractivity contribution in [1.82, 2.24) is 5.01 Å². The lowest BCUT2D eigenvalue weighted by Gasteiger charge is -2.32. The highest BCUT2D eigenvalue weighted by Crippen LogP contribution is 2.31. The highest BCUT2D eigenvalue weighted by atomic mass is 19.4. The standard InChI is InChI=1S/C12H13F5N2/c13-11(14)4-6-19(7-5-11)18-10-3-1-2-9(8-10)12(15,16)17/h1-3,8,18H,4-7H2. The van der Waals surface area contributed by atoms with Crippen LogP contribution < -0.4 is 5.43 Å². The first-order chi connectivity index (χ1) is 8.76. The molecular weight excluding hydrogens is 267 g/mol. The molecule has 0 saturated carbocycles. The fourth-order valence-corrected chi connectivity index (χ4v) is 1.89. The van der Waals surface area contributed by atoms with Gasteiger partial charge in [0.1, 0.15) is 0 Å². The molecule has 19 heavy (non-hydrogen) atoms. The van der Waals surface area contributed by atoms with Gasteiger partial charge < -0.3 is 5.43 Å². The second kappa shape index (κ2) is 4.96. The maximum absolute atomic E-state index is 12.9. The van der Waals surface area contributed by atoms with Crippen molar-refractivity contribution in [3.05, 3.63) is 29.8 Å². The summed E-state index contributed by atoms with van der Waals surface area (Å²) < 4.78 is 63.4. The van der Waals surface area contributed by atoms with Gasteiger partial charge in [-0.05, 0) is 18.2 Å². The smallest absolute Gasteiger partial charge is 0.319 e. The van der Waals surface area contributed by atoms with Gasteiger partial charge >= 0.3 is 6.18 Å². The minimum Gasteiger partial charge on any atom is -0.319 e. The van der Waals surface area contributed by atoms with Gasteiger partial charge in [-0.2, -0.15) is 13.2 Å². The van der Waals surface area contributed by atoms with Crippen molar-refractivity contribution in [2.45, 2.75) is 24.9 Å². The van der Waals surface area contributed by atoms with E-state index in [-0.39, 0.29) is 31.6 Å². The van der Waals surface area contributed by atoms with Crippen molar-refractivity contribution in [1.29, 1.82) is 0 Å². The van der Waals surface area contributed by atoms with Crippen molar-refractivity contribution >= 4 is 5.69 Å². The quantitative estimate of drug-likeness (QED) is 0.830. The zero-order chi connectivity index (χ0) is 14.1. The van der Waals surface area contributed by atoms with Crippen LogP contribution in [0.1, 0.15) is 18.4 Å². The van der Waals surface area contributed by atoms with E-state index in [1.165, 1.54) is 17.1 Å². The van der Waals surface area contributed by atoms with E-state index in [1.807, 2.05) is 0 Å². The van der Waals surface area contributed by atoms with E-state index >= 15 is 0 Å². The molecule has 0 aromatic heterocycles. The fourth-order valence-electron chi connectivity index (χ4n) is 1.89. The molecule has 1 heterocycles. The molecule has 0 unspecified atom stereocenters. The van der Waals surface area contributed by atoms with Crippen molar-refractivity contribution in [3.63, 3.8) is 0 Å². The number of hydrogen-bond acceptors (Lipinski definition) is 2. The molecule has 0 spiro atoms. The Hall–Kier alpha value is -1.37. The Balaban J connectivity index is 2.00. The van der Waals surface area contributed by atoms with Crippen LogP contribution in [0.5, 0.6) is 0 Å². The molecule has 1 saturated heterocycles. The molecule has 0 atom stereocenters. The van der Waals surface area contributed by atoms with Crippen LogP contribution in [-0.2, 0) is 6.18 Å². The Bertz CT molecular complexity index is 434. The number of piperidine rings is 1. The summed E-state index contributed by atoms with van der Waals surface area (Å²) >= 11 is 0. The molecule has 1 aromatic carbocycles. The van der Waals surface area contributed by atoms with E-state index in [2.05, 4.69) is 5.43 Å². The van der Waals surface area contributed by atoms with Gasteiger partial charge in [0.05, 0.1) is 5.56 Å². The maximum atomic E-state index is 12.9. The van der Waals surface area contributed by atoms with E-state index in [0.717, 1.165) is 12.1 Å². The maximum Gasteiger partial charge on any atom is 0.416 e. The zero-order valence-electron chi connectivity index (χ0n) is 9.97. The number of hydrogen-bond donors (Lipinski definition) is 1. The second-order valence-electron chi connectivity index (χ2n) is 4.53. The van der Waals surface area contributed by atoms with Crippen LogP contribution in [0, 0.1) is 0 Å². The molecule has 1 fully saturated rings. The van der Waals surface area contributed by atoms with Gasteiger partial charge in [-0.3, -0.25) is 0 Å². The Morgan fingerprint density at radius 3 is 2.32 bits per heavy atom. The predicted molar refractivity (Wildman–Crippen MR) is 60.8 cm³/mol. The Morgan fingerprint density at radius 1 is 1.11 bits per heavy atom. The van der Waals surface area contributed by atoms with Crippen molar-refractivity contribution in [2.75, 3.05) is 18.5 Å². The van der Waals surface area contributed by atoms with Crippen molar-refractivity contribution in [3.8, 4) is 0 Å². The molecule has 0 amide bonds. The third-order valence-electron chi connectivity index (χ3n) is 2.97. The summed E-state index contributed by atoms with van der Waals surface area (Å²) in [7, 11) is 0. The Morgan fingerprint density at radius 2 is 1.74 bits per heavy atom. The monoisotopic (exact) mass is 280 g/mol. The van der Waals surface area contributed by atoms with Crippen LogP contribution in [0.3, 0.4) is 0 Å². The molecule has 106 valence electrons. The average molecular weight is 280 g/mol. The third kappa shape index (κ3) is 3.79. The highest BCUT2D eigenvalue weighted by Gasteiger charge is 2.34. The van der Waals surface area contributed by atoms with E-state index in [9.17, 15) is 22.0 Å². The summed E-state index contributed by atoms with van der Waals surface area (Å²) in [6.45, 7) is 0.201. The van der Waals surface area contributed by atoms with Crippen LogP contribution in [0.15, 0.2) is 24.3 Å². The minimum atomic E-state index is -4.41. The first-order valence-corrected chi connectivity index (χ1v) is 5.83. The summed E-state index contributed by atoms with van der Waals surface area (Å²) in [4.78, 5) is 0. The van der Waals surface area contributed by atoms with Crippen LogP contribution in [0.2, 0.25) is 0 Å². The number of benzene rings is 1. The molecule has 1 N–H and O–H groups in total. The SMILES string of the molecule is FC1(F)CCN(Nc2cccc(C(F)(F)F)c2)CC1. The summed E-state index contributed by atoms with van der Waals surface area (Å²) in [5.74, 6) is -2.67. The normalized spacial score (nSPS) is 20.3. The first-order valence-electron chi connectivity index (χ1n) is 5.83. The molecule has 0 bridgehead atoms. The van der Waals surface area contributed by atoms with Crippen LogP contribution >= 0.6 is 0 Å². The molecule has 1 aromatic rings. The summed E-state index contributed by atoms with van der Waals surface area (Å²) in [5, 5.41) is 1.51. The highest BCUT2D eigenvalue weighted by molar-refractivity contribution is 5.45. The van der Waals surface area contributed by atoms with Gasteiger partial charge in [-0.1, -0.05) is 6.07 Å². The number of halogens is 5.